The molecule has 0 bridgehead atoms. The number of ketones is 1. The third kappa shape index (κ3) is 138. The molecule has 0 aliphatic carbocycles. The van der Waals surface area contributed by atoms with Gasteiger partial charge in [0, 0.05) is 0 Å². The maximum Gasteiger partial charge on any atom is 0.316 e. The first-order valence-electron chi connectivity index (χ1n) is 1.20. The minimum Gasteiger partial charge on any atom is -0.300 e. The van der Waals surface area contributed by atoms with Crippen molar-refractivity contribution in [1.82, 2.24) is 0 Å². The third-order valence-corrected chi connectivity index (χ3v) is 0. The molecular weight excluding hydrogens is 76.3 g/mol. The summed E-state index contributed by atoms with van der Waals surface area (Å²) in [6.07, 6.45) is 0. The van der Waals surface area contributed by atoms with Crippen molar-refractivity contribution < 1.29 is 4.79 Å². The number of hydrogen-bond donors (Lipinski definition) is 0. The Morgan fingerprint density at radius 2 is 1.40 bits per heavy atom. The van der Waals surface area contributed by atoms with Crippen LogP contribution in [0.3, 0.4) is 0 Å². The van der Waals surface area contributed by atoms with E-state index in [1.807, 2.05) is 0 Å². The van der Waals surface area contributed by atoms with Gasteiger partial charge in [0.2, 0.25) is 0 Å². The Morgan fingerprint density at radius 1 is 1.40 bits per heavy atom. The second-order valence-corrected chi connectivity index (χ2v) is 0.908. The Hall–Kier alpha value is 0.436. The monoisotopic (exact) mass is 84.0 g/mol. The van der Waals surface area contributed by atoms with Crippen molar-refractivity contribution in [2.24, 2.45) is 0 Å². The zero-order valence-electron chi connectivity index (χ0n) is 2.91. The number of carbonyl (C=O) groups excluding carboxylic acids is 1. The van der Waals surface area contributed by atoms with Crippen LogP contribution < -0.4 is 0 Å². The summed E-state index contributed by atoms with van der Waals surface area (Å²) >= 11 is 0. The lowest BCUT2D eigenvalue weighted by Crippen LogP contribution is -1.69. The third-order valence-electron chi connectivity index (χ3n) is 0. The number of Topliss-reactive ketones (excluding diaryl/α,β-unsaturated/α-hetero) is 1. The molecule has 0 saturated heterocycles. The van der Waals surface area contributed by atoms with Crippen LogP contribution in [0.1, 0.15) is 13.8 Å². The highest BCUT2D eigenvalue weighted by molar-refractivity contribution is 5.75. The molecule has 0 rings (SSSR count). The lowest BCUT2D eigenvalue weighted by atomic mass is 10.6. The van der Waals surface area contributed by atoms with Gasteiger partial charge in [-0.3, -0.25) is 0 Å². The minimum atomic E-state index is 0. The zero-order chi connectivity index (χ0) is 3.58. The van der Waals surface area contributed by atoms with Crippen LogP contribution in [0, 0.1) is 0 Å². The van der Waals surface area contributed by atoms with Crippen LogP contribution in [0.15, 0.2) is 0 Å². The molecular formula is C3H8MgO. The molecule has 2 heteroatoms. The Bertz CT molecular complexity index is 29.9. The van der Waals surface area contributed by atoms with E-state index < -0.39 is 0 Å². The van der Waals surface area contributed by atoms with Crippen LogP contribution in [-0.4, -0.2) is 28.8 Å². The van der Waals surface area contributed by atoms with E-state index in [1.165, 1.54) is 13.8 Å². The van der Waals surface area contributed by atoms with Crippen LogP contribution in [0.25, 0.3) is 0 Å². The molecule has 5 heavy (non-hydrogen) atoms. The lowest BCUT2D eigenvalue weighted by molar-refractivity contribution is -0.114. The van der Waals surface area contributed by atoms with Gasteiger partial charge in [0.15, 0.2) is 0 Å². The first kappa shape index (κ1) is 9.06. The van der Waals surface area contributed by atoms with Gasteiger partial charge in [0.05, 0.1) is 0 Å². The van der Waals surface area contributed by atoms with Crippen molar-refractivity contribution in [3.63, 3.8) is 0 Å². The van der Waals surface area contributed by atoms with E-state index in [1.54, 1.807) is 0 Å². The highest BCUT2D eigenvalue weighted by Gasteiger charge is 1.62. The average Bonchev–Trinajstić information content (AvgIpc) is 0.811. The SMILES string of the molecule is CC(C)=O.[MgH2]. The average molecular weight is 84.4 g/mol. The van der Waals surface area contributed by atoms with Gasteiger partial charge in [-0.1, -0.05) is 0 Å². The van der Waals surface area contributed by atoms with Crippen LogP contribution in [0.4, 0.5) is 0 Å². The van der Waals surface area contributed by atoms with E-state index in [-0.39, 0.29) is 28.8 Å². The summed E-state index contributed by atoms with van der Waals surface area (Å²) in [6.45, 7) is 3.06. The molecule has 0 aromatic carbocycles. The number of carbonyl (C=O) groups is 1. The Labute approximate surface area is 47.9 Å². The van der Waals surface area contributed by atoms with Crippen molar-refractivity contribution in [2.75, 3.05) is 0 Å². The van der Waals surface area contributed by atoms with Gasteiger partial charge in [-0.05, 0) is 13.8 Å². The quantitative estimate of drug-likeness (QED) is 0.368. The molecule has 0 aromatic heterocycles. The normalized spacial score (nSPS) is 5.20. The second kappa shape index (κ2) is 4.44. The Morgan fingerprint density at radius 3 is 1.40 bits per heavy atom. The second-order valence-electron chi connectivity index (χ2n) is 0.908. The van der Waals surface area contributed by atoms with Crippen molar-refractivity contribution in [3.05, 3.63) is 0 Å². The molecule has 0 aromatic rings. The summed E-state index contributed by atoms with van der Waals surface area (Å²) in [5, 5.41) is 0. The van der Waals surface area contributed by atoms with Gasteiger partial charge >= 0.3 is 23.1 Å². The van der Waals surface area contributed by atoms with Crippen LogP contribution >= 0.6 is 0 Å². The molecule has 0 spiro atoms. The van der Waals surface area contributed by atoms with E-state index in [0.717, 1.165) is 0 Å². The van der Waals surface area contributed by atoms with Crippen molar-refractivity contribution in [3.8, 4) is 0 Å². The molecule has 28 valence electrons. The van der Waals surface area contributed by atoms with E-state index in [4.69, 9.17) is 0 Å². The molecule has 0 heterocycles. The van der Waals surface area contributed by atoms with Crippen molar-refractivity contribution in [2.45, 2.75) is 13.8 Å². The van der Waals surface area contributed by atoms with Crippen molar-refractivity contribution in [1.29, 1.82) is 0 Å². The fourth-order valence-corrected chi connectivity index (χ4v) is 0. The molecule has 0 unspecified atom stereocenters. The van der Waals surface area contributed by atoms with Gasteiger partial charge in [-0.25, -0.2) is 0 Å². The molecule has 0 N–H and O–H groups in total. The molecule has 1 nitrogen and oxygen atoms in total. The summed E-state index contributed by atoms with van der Waals surface area (Å²) in [6, 6.07) is 0. The fraction of sp³-hybridized carbons (Fsp3) is 0.667. The number of hydrogen-bond acceptors (Lipinski definition) is 1. The molecule has 0 aliphatic rings. The summed E-state index contributed by atoms with van der Waals surface area (Å²) in [4.78, 5) is 9.44. The highest BCUT2D eigenvalue weighted by atomic mass is 24.3. The molecule has 0 fully saturated rings. The van der Waals surface area contributed by atoms with E-state index >= 15 is 0 Å². The van der Waals surface area contributed by atoms with E-state index in [0.29, 0.717) is 0 Å². The van der Waals surface area contributed by atoms with Gasteiger partial charge in [-0.2, -0.15) is 0 Å². The van der Waals surface area contributed by atoms with Crippen LogP contribution in [0.5, 0.6) is 0 Å². The summed E-state index contributed by atoms with van der Waals surface area (Å²) in [5.74, 6) is 0.167. The predicted octanol–water partition coefficient (Wildman–Crippen LogP) is -0.321. The standard InChI is InChI=1S/C3H6O.Mg.2H/c1-3(2)4;;;/h1-2H3;;;. The predicted molar refractivity (Wildman–Crippen MR) is 24.9 cm³/mol. The summed E-state index contributed by atoms with van der Waals surface area (Å²) in [5.41, 5.74) is 0. The molecule has 0 atom stereocenters. The van der Waals surface area contributed by atoms with E-state index in [9.17, 15) is 4.79 Å². The first-order chi connectivity index (χ1) is 1.73. The van der Waals surface area contributed by atoms with Crippen LogP contribution in [0.2, 0.25) is 0 Å². The van der Waals surface area contributed by atoms with E-state index in [2.05, 4.69) is 0 Å². The zero-order valence-corrected chi connectivity index (χ0v) is 2.91. The Kier molecular flexibility index (Phi) is 8.04. The molecule has 0 aliphatic heterocycles. The maximum atomic E-state index is 9.44. The highest BCUT2D eigenvalue weighted by Crippen LogP contribution is 1.50. The fourth-order valence-electron chi connectivity index (χ4n) is 0. The summed E-state index contributed by atoms with van der Waals surface area (Å²) in [7, 11) is 0. The van der Waals surface area contributed by atoms with Crippen LogP contribution in [-0.2, 0) is 4.79 Å². The molecule has 0 amide bonds. The smallest absolute Gasteiger partial charge is 0.300 e. The van der Waals surface area contributed by atoms with Crippen molar-refractivity contribution >= 4 is 28.8 Å². The lowest BCUT2D eigenvalue weighted by Gasteiger charge is -1.56. The Balaban J connectivity index is 0. The molecule has 0 radical (unpaired) electrons. The minimum absolute atomic E-state index is 0. The number of rotatable bonds is 0. The summed E-state index contributed by atoms with van der Waals surface area (Å²) < 4.78 is 0. The topological polar surface area (TPSA) is 17.1 Å². The first-order valence-corrected chi connectivity index (χ1v) is 1.20. The van der Waals surface area contributed by atoms with Gasteiger partial charge < -0.3 is 4.79 Å². The van der Waals surface area contributed by atoms with Gasteiger partial charge in [0.1, 0.15) is 5.78 Å². The molecule has 0 saturated carbocycles. The van der Waals surface area contributed by atoms with Gasteiger partial charge in [-0.15, -0.1) is 0 Å². The largest absolute Gasteiger partial charge is 0.316 e. The maximum absolute atomic E-state index is 9.44. The van der Waals surface area contributed by atoms with Gasteiger partial charge in [0.25, 0.3) is 0 Å².